The molecule has 4 rings (SSSR count). The molecule has 0 unspecified atom stereocenters. The van der Waals surface area contributed by atoms with E-state index in [1.54, 1.807) is 4.90 Å². The average molecular weight is 565 g/mol. The molecule has 0 bridgehead atoms. The number of rotatable bonds is 5. The molecule has 8 nitrogen and oxygen atoms in total. The maximum absolute atomic E-state index is 12.7. The fraction of sp³-hybridized carbons (Fsp3) is 0.536. The Labute approximate surface area is 234 Å². The number of anilines is 1. The second-order valence-electron chi connectivity index (χ2n) is 10.9. The van der Waals surface area contributed by atoms with E-state index in [1.165, 1.54) is 7.11 Å². The number of benzene rings is 1. The third-order valence-corrected chi connectivity index (χ3v) is 7.42. The molecule has 1 amide bonds. The molecule has 3 heterocycles. The summed E-state index contributed by atoms with van der Waals surface area (Å²) in [6, 6.07) is 7.66. The van der Waals surface area contributed by atoms with Crippen molar-refractivity contribution in [3.05, 3.63) is 51.6 Å². The molecule has 2 aromatic rings. The van der Waals surface area contributed by atoms with Crippen molar-refractivity contribution >= 4 is 41.1 Å². The summed E-state index contributed by atoms with van der Waals surface area (Å²) in [6.45, 7) is 9.58. The summed E-state index contributed by atoms with van der Waals surface area (Å²) in [5.74, 6) is 0.397. The van der Waals surface area contributed by atoms with E-state index in [9.17, 15) is 9.59 Å². The van der Waals surface area contributed by atoms with Crippen LogP contribution in [-0.4, -0.2) is 66.9 Å². The SMILES string of the molecule is COC(=O)[C@H]1CN(C(=O)OC(C)(C)C)CC[C@@H]1c1ccc(N2CC[C@H](Oc3c(Cl)cc(C)cc3Cl)C2)nc1. The molecule has 2 aliphatic heterocycles. The van der Waals surface area contributed by atoms with Crippen LogP contribution in [0.15, 0.2) is 30.5 Å². The molecule has 38 heavy (non-hydrogen) atoms. The lowest BCUT2D eigenvalue weighted by atomic mass is 9.81. The third-order valence-electron chi connectivity index (χ3n) is 6.86. The lowest BCUT2D eigenvalue weighted by Gasteiger charge is -2.37. The summed E-state index contributed by atoms with van der Waals surface area (Å²) in [5, 5.41) is 1.02. The Morgan fingerprint density at radius 1 is 1.05 bits per heavy atom. The molecule has 206 valence electrons. The predicted octanol–water partition coefficient (Wildman–Crippen LogP) is 5.87. The highest BCUT2D eigenvalue weighted by Gasteiger charge is 2.39. The van der Waals surface area contributed by atoms with E-state index < -0.39 is 17.6 Å². The Kier molecular flexibility index (Phi) is 8.62. The van der Waals surface area contributed by atoms with Crippen molar-refractivity contribution in [2.45, 2.75) is 58.2 Å². The molecule has 1 aromatic carbocycles. The quantitative estimate of drug-likeness (QED) is 0.421. The number of methoxy groups -OCH3 is 1. The molecule has 3 atom stereocenters. The van der Waals surface area contributed by atoms with Gasteiger partial charge in [-0.2, -0.15) is 0 Å². The lowest BCUT2D eigenvalue weighted by Crippen LogP contribution is -2.47. The van der Waals surface area contributed by atoms with Crippen molar-refractivity contribution in [3.8, 4) is 5.75 Å². The smallest absolute Gasteiger partial charge is 0.410 e. The zero-order valence-corrected chi connectivity index (χ0v) is 24.0. The second kappa shape index (κ2) is 11.6. The van der Waals surface area contributed by atoms with Crippen molar-refractivity contribution in [1.82, 2.24) is 9.88 Å². The van der Waals surface area contributed by atoms with Gasteiger partial charge in [0.05, 0.1) is 29.6 Å². The number of hydrogen-bond acceptors (Lipinski definition) is 7. The highest BCUT2D eigenvalue weighted by atomic mass is 35.5. The number of likely N-dealkylation sites (tertiary alicyclic amines) is 1. The number of carbonyl (C=O) groups excluding carboxylic acids is 2. The van der Waals surface area contributed by atoms with Crippen LogP contribution in [0.1, 0.15) is 50.7 Å². The number of carbonyl (C=O) groups is 2. The van der Waals surface area contributed by atoms with E-state index in [-0.39, 0.29) is 24.5 Å². The summed E-state index contributed by atoms with van der Waals surface area (Å²) in [6.07, 6.45) is 2.77. The van der Waals surface area contributed by atoms with Gasteiger partial charge >= 0.3 is 12.1 Å². The van der Waals surface area contributed by atoms with Crippen LogP contribution in [0.3, 0.4) is 0 Å². The van der Waals surface area contributed by atoms with Gasteiger partial charge in [0.25, 0.3) is 0 Å². The first-order valence-corrected chi connectivity index (χ1v) is 13.6. The minimum atomic E-state index is -0.604. The molecular formula is C28H35Cl2N3O5. The zero-order chi connectivity index (χ0) is 27.6. The standard InChI is InChI=1S/C28H35Cl2N3O5/c1-17-12-22(29)25(23(30)13-17)37-19-8-10-32(15-19)24-7-6-18(14-31-24)20-9-11-33(16-21(20)26(34)36-5)27(35)38-28(2,3)4/h6-7,12-14,19-21H,8-11,15-16H2,1-5H3/t19-,20+,21-/m0/s1. The maximum Gasteiger partial charge on any atom is 0.410 e. The number of ether oxygens (including phenoxy) is 3. The highest BCUT2D eigenvalue weighted by molar-refractivity contribution is 6.37. The van der Waals surface area contributed by atoms with Crippen LogP contribution >= 0.6 is 23.2 Å². The van der Waals surface area contributed by atoms with Crippen molar-refractivity contribution in [2.75, 3.05) is 38.2 Å². The first kappa shape index (κ1) is 28.3. The van der Waals surface area contributed by atoms with E-state index in [4.69, 9.17) is 42.4 Å². The van der Waals surface area contributed by atoms with Crippen molar-refractivity contribution in [3.63, 3.8) is 0 Å². The van der Waals surface area contributed by atoms with Crippen LogP contribution in [0.2, 0.25) is 10.0 Å². The summed E-state index contributed by atoms with van der Waals surface area (Å²) >= 11 is 12.7. The van der Waals surface area contributed by atoms with Crippen LogP contribution in [0.5, 0.6) is 5.75 Å². The highest BCUT2D eigenvalue weighted by Crippen LogP contribution is 2.37. The molecule has 10 heteroatoms. The second-order valence-corrected chi connectivity index (χ2v) is 11.7. The zero-order valence-electron chi connectivity index (χ0n) is 22.5. The summed E-state index contributed by atoms with van der Waals surface area (Å²) in [4.78, 5) is 33.7. The molecule has 2 saturated heterocycles. The summed E-state index contributed by atoms with van der Waals surface area (Å²) in [7, 11) is 1.37. The van der Waals surface area contributed by atoms with Crippen LogP contribution < -0.4 is 9.64 Å². The molecule has 1 aromatic heterocycles. The molecule has 0 spiro atoms. The molecule has 0 radical (unpaired) electrons. The third kappa shape index (κ3) is 6.64. The Morgan fingerprint density at radius 3 is 2.37 bits per heavy atom. The normalized spacial score (nSPS) is 21.8. The van der Waals surface area contributed by atoms with Gasteiger partial charge in [0.2, 0.25) is 0 Å². The lowest BCUT2D eigenvalue weighted by molar-refractivity contribution is -0.148. The Morgan fingerprint density at radius 2 is 1.76 bits per heavy atom. The number of piperidine rings is 1. The minimum Gasteiger partial charge on any atom is -0.485 e. The number of nitrogens with zero attached hydrogens (tertiary/aromatic N) is 3. The summed E-state index contributed by atoms with van der Waals surface area (Å²) < 4.78 is 16.7. The minimum absolute atomic E-state index is 0.0601. The van der Waals surface area contributed by atoms with Gasteiger partial charge in [0.15, 0.2) is 5.75 Å². The van der Waals surface area contributed by atoms with E-state index >= 15 is 0 Å². The number of pyridine rings is 1. The van der Waals surface area contributed by atoms with Gasteiger partial charge in [-0.15, -0.1) is 0 Å². The number of amides is 1. The Balaban J connectivity index is 1.41. The van der Waals surface area contributed by atoms with Gasteiger partial charge in [0, 0.05) is 38.2 Å². The largest absolute Gasteiger partial charge is 0.485 e. The molecule has 0 saturated carbocycles. The molecule has 0 aliphatic carbocycles. The van der Waals surface area contributed by atoms with Gasteiger partial charge in [0.1, 0.15) is 17.5 Å². The van der Waals surface area contributed by atoms with E-state index in [1.807, 2.05) is 58.2 Å². The maximum atomic E-state index is 12.7. The van der Waals surface area contributed by atoms with Crippen LogP contribution in [-0.2, 0) is 14.3 Å². The fourth-order valence-corrected chi connectivity index (χ4v) is 5.72. The number of aryl methyl sites for hydroxylation is 1. The van der Waals surface area contributed by atoms with Gasteiger partial charge < -0.3 is 24.0 Å². The van der Waals surface area contributed by atoms with Gasteiger partial charge in [-0.3, -0.25) is 4.79 Å². The average Bonchev–Trinajstić information content (AvgIpc) is 3.33. The number of esters is 1. The Hall–Kier alpha value is -2.71. The first-order chi connectivity index (χ1) is 17.9. The monoisotopic (exact) mass is 563 g/mol. The van der Waals surface area contributed by atoms with Gasteiger partial charge in [-0.25, -0.2) is 9.78 Å². The van der Waals surface area contributed by atoms with Crippen molar-refractivity contribution in [1.29, 1.82) is 0 Å². The van der Waals surface area contributed by atoms with Crippen molar-refractivity contribution in [2.24, 2.45) is 5.92 Å². The Bertz CT molecular complexity index is 1150. The molecular weight excluding hydrogens is 529 g/mol. The number of aromatic nitrogens is 1. The van der Waals surface area contributed by atoms with Crippen LogP contribution in [0, 0.1) is 12.8 Å². The van der Waals surface area contributed by atoms with Gasteiger partial charge in [-0.05, 0) is 63.4 Å². The van der Waals surface area contributed by atoms with Crippen molar-refractivity contribution < 1.29 is 23.8 Å². The van der Waals surface area contributed by atoms with E-state index in [0.717, 1.165) is 29.9 Å². The van der Waals surface area contributed by atoms with E-state index in [2.05, 4.69) is 4.90 Å². The van der Waals surface area contributed by atoms with Crippen LogP contribution in [0.4, 0.5) is 10.6 Å². The van der Waals surface area contributed by atoms with Gasteiger partial charge in [-0.1, -0.05) is 29.3 Å². The topological polar surface area (TPSA) is 81.2 Å². The predicted molar refractivity (Wildman–Crippen MR) is 147 cm³/mol. The molecule has 2 fully saturated rings. The van der Waals surface area contributed by atoms with Crippen LogP contribution in [0.25, 0.3) is 0 Å². The number of hydrogen-bond donors (Lipinski definition) is 0. The van der Waals surface area contributed by atoms with E-state index in [0.29, 0.717) is 35.3 Å². The first-order valence-electron chi connectivity index (χ1n) is 12.8. The fourth-order valence-electron chi connectivity index (χ4n) is 5.04. The molecule has 2 aliphatic rings. The summed E-state index contributed by atoms with van der Waals surface area (Å²) in [5.41, 5.74) is 1.32. The number of halogens is 2. The molecule has 0 N–H and O–H groups in total.